The van der Waals surface area contributed by atoms with Crippen LogP contribution in [0, 0.1) is 29.6 Å². The van der Waals surface area contributed by atoms with Gasteiger partial charge in [0.2, 0.25) is 0 Å². The lowest BCUT2D eigenvalue weighted by Gasteiger charge is -2.49. The number of carbonyl (C=O) groups is 1. The van der Waals surface area contributed by atoms with E-state index in [-0.39, 0.29) is 54.6 Å². The van der Waals surface area contributed by atoms with Crippen LogP contribution in [0.15, 0.2) is 0 Å². The molecular formula is C25H50O7Si2. The van der Waals surface area contributed by atoms with E-state index >= 15 is 0 Å². The maximum Gasteiger partial charge on any atom is 0.302 e. The van der Waals surface area contributed by atoms with Crippen LogP contribution >= 0.6 is 0 Å². The Morgan fingerprint density at radius 1 is 0.706 bits per heavy atom. The second kappa shape index (κ2) is 11.8. The standard InChI is InChI=1S/C25H50O7Si2/c1-15-16(2)21(13-27-20(6)26)29-24(17(15)3)31-25-19(5)23(32-34(10,11)12)18(4)22(30-25)14-28-33(7,8)9/h15-19,21-25H,13-14H2,1-12H3/t15?,16-,17-,18+,19?,21?,22?,23+,24+,25+/m0/s1. The summed E-state index contributed by atoms with van der Waals surface area (Å²) < 4.78 is 37.7. The lowest BCUT2D eigenvalue weighted by atomic mass is 9.79. The van der Waals surface area contributed by atoms with Crippen molar-refractivity contribution in [1.82, 2.24) is 0 Å². The zero-order valence-electron chi connectivity index (χ0n) is 23.5. The number of rotatable bonds is 9. The van der Waals surface area contributed by atoms with Crippen molar-refractivity contribution in [3.63, 3.8) is 0 Å². The van der Waals surface area contributed by atoms with Crippen molar-refractivity contribution in [3.8, 4) is 0 Å². The molecule has 0 aromatic rings. The summed E-state index contributed by atoms with van der Waals surface area (Å²) in [5.41, 5.74) is 0. The Hall–Kier alpha value is -0.296. The van der Waals surface area contributed by atoms with Gasteiger partial charge in [-0.25, -0.2) is 0 Å². The van der Waals surface area contributed by atoms with Crippen molar-refractivity contribution in [1.29, 1.82) is 0 Å². The molecule has 0 spiro atoms. The molecule has 4 unspecified atom stereocenters. The van der Waals surface area contributed by atoms with Gasteiger partial charge in [-0.3, -0.25) is 4.79 Å². The number of ether oxygens (including phenoxy) is 4. The summed E-state index contributed by atoms with van der Waals surface area (Å²) in [6, 6.07) is 0. The number of hydrogen-bond acceptors (Lipinski definition) is 7. The van der Waals surface area contributed by atoms with Gasteiger partial charge in [-0.15, -0.1) is 0 Å². The Morgan fingerprint density at radius 2 is 1.24 bits per heavy atom. The van der Waals surface area contributed by atoms with E-state index in [4.69, 9.17) is 27.8 Å². The van der Waals surface area contributed by atoms with E-state index in [0.717, 1.165) is 0 Å². The fourth-order valence-corrected chi connectivity index (χ4v) is 6.64. The van der Waals surface area contributed by atoms with E-state index in [1.807, 2.05) is 0 Å². The molecule has 0 aliphatic carbocycles. The first-order valence-corrected chi connectivity index (χ1v) is 19.7. The Bertz CT molecular complexity index is 663. The summed E-state index contributed by atoms with van der Waals surface area (Å²) in [6.45, 7) is 26.3. The fourth-order valence-electron chi connectivity index (χ4n) is 4.73. The molecule has 0 radical (unpaired) electrons. The van der Waals surface area contributed by atoms with Gasteiger partial charge in [0.1, 0.15) is 6.61 Å². The average molecular weight is 519 g/mol. The predicted molar refractivity (Wildman–Crippen MR) is 138 cm³/mol. The van der Waals surface area contributed by atoms with Crippen LogP contribution in [0.1, 0.15) is 41.5 Å². The Morgan fingerprint density at radius 3 is 1.74 bits per heavy atom. The highest BCUT2D eigenvalue weighted by Gasteiger charge is 2.48. The van der Waals surface area contributed by atoms with E-state index < -0.39 is 29.2 Å². The molecule has 0 amide bonds. The molecule has 10 atom stereocenters. The van der Waals surface area contributed by atoms with Gasteiger partial charge in [-0.05, 0) is 51.1 Å². The molecule has 2 aliphatic heterocycles. The van der Waals surface area contributed by atoms with E-state index in [9.17, 15) is 4.79 Å². The van der Waals surface area contributed by atoms with E-state index in [1.165, 1.54) is 6.92 Å². The molecule has 2 saturated heterocycles. The minimum Gasteiger partial charge on any atom is -0.463 e. The van der Waals surface area contributed by atoms with Gasteiger partial charge in [-0.2, -0.15) is 0 Å². The van der Waals surface area contributed by atoms with Crippen LogP contribution in [-0.2, 0) is 32.6 Å². The summed E-state index contributed by atoms with van der Waals surface area (Å²) in [5.74, 6) is 0.707. The van der Waals surface area contributed by atoms with Gasteiger partial charge in [0, 0.05) is 24.7 Å². The summed E-state index contributed by atoms with van der Waals surface area (Å²) in [4.78, 5) is 11.4. The molecule has 2 fully saturated rings. The van der Waals surface area contributed by atoms with Crippen molar-refractivity contribution in [2.75, 3.05) is 13.2 Å². The molecule has 0 bridgehead atoms. The van der Waals surface area contributed by atoms with Crippen molar-refractivity contribution < 1.29 is 32.6 Å². The molecule has 34 heavy (non-hydrogen) atoms. The van der Waals surface area contributed by atoms with E-state index in [1.54, 1.807) is 0 Å². The third-order valence-electron chi connectivity index (χ3n) is 7.23. The SMILES string of the molecule is CC(=O)OCC1O[C@H](O[C@H]2OC(CO[Si](C)(C)C)[C@@H](C)[C@@H](O[Si](C)(C)C)C2C)[C@@H](C)C(C)[C@@H]1C. The first-order chi connectivity index (χ1) is 15.5. The van der Waals surface area contributed by atoms with Gasteiger partial charge in [0.25, 0.3) is 0 Å². The van der Waals surface area contributed by atoms with Gasteiger partial charge < -0.3 is 27.8 Å². The smallest absolute Gasteiger partial charge is 0.302 e. The summed E-state index contributed by atoms with van der Waals surface area (Å²) in [5, 5.41) is 0. The summed E-state index contributed by atoms with van der Waals surface area (Å²) in [7, 11) is -3.48. The van der Waals surface area contributed by atoms with Crippen molar-refractivity contribution in [2.45, 2.75) is 112 Å². The van der Waals surface area contributed by atoms with Gasteiger partial charge in [0.15, 0.2) is 29.2 Å². The number of esters is 1. The lowest BCUT2D eigenvalue weighted by Crippen LogP contribution is -2.57. The van der Waals surface area contributed by atoms with Crippen LogP contribution < -0.4 is 0 Å². The second-order valence-electron chi connectivity index (χ2n) is 12.4. The topological polar surface area (TPSA) is 72.5 Å². The predicted octanol–water partition coefficient (Wildman–Crippen LogP) is 5.27. The molecule has 0 aromatic carbocycles. The molecule has 9 heteroatoms. The maximum atomic E-state index is 11.4. The summed E-state index contributed by atoms with van der Waals surface area (Å²) in [6.07, 6.45) is -1.21. The van der Waals surface area contributed by atoms with Gasteiger partial charge in [-0.1, -0.05) is 34.6 Å². The van der Waals surface area contributed by atoms with Crippen molar-refractivity contribution >= 4 is 22.6 Å². The molecule has 0 saturated carbocycles. The van der Waals surface area contributed by atoms with Crippen LogP contribution in [0.3, 0.4) is 0 Å². The average Bonchev–Trinajstić information content (AvgIpc) is 2.70. The highest BCUT2D eigenvalue weighted by atomic mass is 28.4. The first-order valence-electron chi connectivity index (χ1n) is 12.9. The minimum atomic E-state index is -1.79. The quantitative estimate of drug-likeness (QED) is 0.304. The van der Waals surface area contributed by atoms with Crippen LogP contribution in [0.25, 0.3) is 0 Å². The molecule has 0 N–H and O–H groups in total. The molecule has 200 valence electrons. The molecule has 0 aromatic heterocycles. The van der Waals surface area contributed by atoms with Crippen LogP contribution in [0.5, 0.6) is 0 Å². The second-order valence-corrected chi connectivity index (χ2v) is 21.4. The lowest BCUT2D eigenvalue weighted by molar-refractivity contribution is -0.346. The van der Waals surface area contributed by atoms with Gasteiger partial charge in [0.05, 0.1) is 24.9 Å². The minimum absolute atomic E-state index is 0.0211. The molecule has 2 rings (SSSR count). The Kier molecular flexibility index (Phi) is 10.4. The third kappa shape index (κ3) is 8.38. The normalized spacial score (nSPS) is 39.6. The van der Waals surface area contributed by atoms with E-state index in [2.05, 4.69) is 73.9 Å². The molecule has 2 heterocycles. The van der Waals surface area contributed by atoms with Crippen LogP contribution in [-0.4, -0.2) is 66.7 Å². The summed E-state index contributed by atoms with van der Waals surface area (Å²) >= 11 is 0. The first kappa shape index (κ1) is 29.9. The van der Waals surface area contributed by atoms with Crippen molar-refractivity contribution in [2.24, 2.45) is 29.6 Å². The number of hydrogen-bond donors (Lipinski definition) is 0. The molecular weight excluding hydrogens is 468 g/mol. The van der Waals surface area contributed by atoms with Crippen LogP contribution in [0.4, 0.5) is 0 Å². The zero-order valence-corrected chi connectivity index (χ0v) is 25.5. The highest BCUT2D eigenvalue weighted by Crippen LogP contribution is 2.40. The van der Waals surface area contributed by atoms with Crippen molar-refractivity contribution in [3.05, 3.63) is 0 Å². The monoisotopic (exact) mass is 518 g/mol. The largest absolute Gasteiger partial charge is 0.463 e. The van der Waals surface area contributed by atoms with Crippen LogP contribution in [0.2, 0.25) is 39.3 Å². The zero-order chi connectivity index (χ0) is 26.0. The Labute approximate surface area is 209 Å². The fraction of sp³-hybridized carbons (Fsp3) is 0.960. The molecule has 7 nitrogen and oxygen atoms in total. The maximum absolute atomic E-state index is 11.4. The highest BCUT2D eigenvalue weighted by molar-refractivity contribution is 6.70. The van der Waals surface area contributed by atoms with Gasteiger partial charge >= 0.3 is 5.97 Å². The molecule has 2 aliphatic rings. The van der Waals surface area contributed by atoms with E-state index in [0.29, 0.717) is 12.5 Å². The Balaban J connectivity index is 2.21. The third-order valence-corrected chi connectivity index (χ3v) is 9.25. The number of carbonyl (C=O) groups excluding carboxylic acids is 1.